The smallest absolute Gasteiger partial charge is 0.324 e. The Labute approximate surface area is 199 Å². The molecule has 1 atom stereocenters. The van der Waals surface area contributed by atoms with Crippen molar-refractivity contribution in [1.82, 2.24) is 19.7 Å². The lowest BCUT2D eigenvalue weighted by Gasteiger charge is -2.27. The molecule has 0 amide bonds. The molecule has 3 aromatic rings. The number of hydrogen-bond acceptors (Lipinski definition) is 5. The number of nitrogens with zero attached hydrogens (tertiary/aromatic N) is 4. The Balaban J connectivity index is 1.55. The first-order valence-electron chi connectivity index (χ1n) is 11.4. The predicted molar refractivity (Wildman–Crippen MR) is 126 cm³/mol. The van der Waals surface area contributed by atoms with Crippen LogP contribution in [0.2, 0.25) is 0 Å². The lowest BCUT2D eigenvalue weighted by Crippen LogP contribution is -2.23. The third-order valence-electron chi connectivity index (χ3n) is 6.42. The van der Waals surface area contributed by atoms with Crippen molar-refractivity contribution in [2.75, 3.05) is 5.32 Å². The molecule has 1 aliphatic carbocycles. The fraction of sp³-hybridized carbons (Fsp3) is 0.458. The van der Waals surface area contributed by atoms with Crippen LogP contribution in [0.4, 0.5) is 24.8 Å². The van der Waals surface area contributed by atoms with E-state index in [1.807, 2.05) is 19.1 Å². The normalized spacial score (nSPS) is 19.7. The van der Waals surface area contributed by atoms with Crippen LogP contribution in [-0.2, 0) is 24.0 Å². The molecule has 10 heteroatoms. The van der Waals surface area contributed by atoms with Crippen molar-refractivity contribution in [3.8, 4) is 11.3 Å². The minimum atomic E-state index is -4.60. The monoisotopic (exact) mass is 491 g/mol. The Hall–Kier alpha value is -2.75. The topological polar surface area (TPSA) is 72.7 Å². The second kappa shape index (κ2) is 9.85. The van der Waals surface area contributed by atoms with Gasteiger partial charge in [0.05, 0.1) is 22.7 Å². The highest BCUT2D eigenvalue weighted by molar-refractivity contribution is 7.85. The Morgan fingerprint density at radius 1 is 1.18 bits per heavy atom. The molecule has 0 radical (unpaired) electrons. The Morgan fingerprint density at radius 3 is 2.50 bits per heavy atom. The van der Waals surface area contributed by atoms with E-state index in [4.69, 9.17) is 0 Å². The summed E-state index contributed by atoms with van der Waals surface area (Å²) in [7, 11) is 0.542. The lowest BCUT2D eigenvalue weighted by atomic mass is 9.87. The van der Waals surface area contributed by atoms with Crippen LogP contribution >= 0.6 is 0 Å². The molecule has 0 aliphatic heterocycles. The van der Waals surface area contributed by atoms with Gasteiger partial charge in [-0.3, -0.25) is 8.89 Å². The van der Waals surface area contributed by atoms with Crippen molar-refractivity contribution in [2.45, 2.75) is 62.3 Å². The van der Waals surface area contributed by atoms with Crippen LogP contribution in [0.3, 0.4) is 0 Å². The standard InChI is InChI=1S/C24H28F3N5OS/c1-4-16-5-7-18(8-6-16)34(33)19-9-10-21(15(2)11-19)30-23-28-13-20(24(25,26)27)22(31-23)17-12-29-32(3)14-17/h9-14,16,18H,4-8H2,1-3H3,(H,28,30,31)/t16?,18?,34-/m0/s1. The van der Waals surface area contributed by atoms with Gasteiger partial charge >= 0.3 is 6.18 Å². The third kappa shape index (κ3) is 5.32. The van der Waals surface area contributed by atoms with Crippen LogP contribution in [0.25, 0.3) is 11.3 Å². The van der Waals surface area contributed by atoms with E-state index in [1.54, 1.807) is 13.1 Å². The second-order valence-electron chi connectivity index (χ2n) is 8.81. The highest BCUT2D eigenvalue weighted by atomic mass is 32.2. The SMILES string of the molecule is CCC1CCC([S@](=O)c2ccc(Nc3ncc(C(F)(F)F)c(-c4cnn(C)c4)n3)c(C)c2)CC1. The molecule has 0 unspecified atom stereocenters. The molecule has 4 rings (SSSR count). The van der Waals surface area contributed by atoms with Gasteiger partial charge in [-0.25, -0.2) is 9.97 Å². The molecular formula is C24H28F3N5OS. The molecule has 1 aromatic carbocycles. The molecule has 0 spiro atoms. The molecule has 2 aromatic heterocycles. The van der Waals surface area contributed by atoms with Crippen molar-refractivity contribution >= 4 is 22.4 Å². The average Bonchev–Trinajstić information content (AvgIpc) is 3.25. The Morgan fingerprint density at radius 2 is 1.91 bits per heavy atom. The van der Waals surface area contributed by atoms with Crippen LogP contribution in [0.15, 0.2) is 41.7 Å². The average molecular weight is 492 g/mol. The molecule has 34 heavy (non-hydrogen) atoms. The number of rotatable bonds is 6. The van der Waals surface area contributed by atoms with Gasteiger partial charge in [-0.1, -0.05) is 13.3 Å². The Kier molecular flexibility index (Phi) is 7.06. The maximum atomic E-state index is 13.5. The van der Waals surface area contributed by atoms with Crippen LogP contribution in [0, 0.1) is 12.8 Å². The van der Waals surface area contributed by atoms with Gasteiger partial charge in [-0.05, 0) is 62.3 Å². The number of halogens is 3. The number of alkyl halides is 3. The first-order valence-corrected chi connectivity index (χ1v) is 12.6. The lowest BCUT2D eigenvalue weighted by molar-refractivity contribution is -0.137. The number of hydrogen-bond donors (Lipinski definition) is 1. The van der Waals surface area contributed by atoms with E-state index in [1.165, 1.54) is 23.5 Å². The van der Waals surface area contributed by atoms with Gasteiger partial charge < -0.3 is 5.32 Å². The molecule has 0 saturated heterocycles. The number of anilines is 2. The van der Waals surface area contributed by atoms with Gasteiger partial charge in [0.1, 0.15) is 5.56 Å². The van der Waals surface area contributed by atoms with Gasteiger partial charge in [0.25, 0.3) is 0 Å². The summed E-state index contributed by atoms with van der Waals surface area (Å²) in [6, 6.07) is 5.46. The first-order chi connectivity index (χ1) is 16.2. The molecule has 6 nitrogen and oxygen atoms in total. The molecule has 1 saturated carbocycles. The van der Waals surface area contributed by atoms with E-state index in [0.717, 1.165) is 48.3 Å². The molecule has 1 fully saturated rings. The number of aromatic nitrogens is 4. The second-order valence-corrected chi connectivity index (χ2v) is 10.5. The summed E-state index contributed by atoms with van der Waals surface area (Å²) in [6.07, 6.45) is 4.36. The summed E-state index contributed by atoms with van der Waals surface area (Å²) in [5, 5.41) is 7.14. The highest BCUT2D eigenvalue weighted by Crippen LogP contribution is 2.36. The molecule has 182 valence electrons. The van der Waals surface area contributed by atoms with Gasteiger partial charge in [-0.2, -0.15) is 18.3 Å². The zero-order valence-corrected chi connectivity index (χ0v) is 20.2. The van der Waals surface area contributed by atoms with E-state index in [0.29, 0.717) is 5.69 Å². The first kappa shape index (κ1) is 24.4. The maximum absolute atomic E-state index is 13.5. The maximum Gasteiger partial charge on any atom is 0.419 e. The summed E-state index contributed by atoms with van der Waals surface area (Å²) in [5.41, 5.74) is 0.551. The van der Waals surface area contributed by atoms with E-state index in [2.05, 4.69) is 27.3 Å². The summed E-state index contributed by atoms with van der Waals surface area (Å²) in [5.74, 6) is 0.781. The fourth-order valence-electron chi connectivity index (χ4n) is 4.38. The van der Waals surface area contributed by atoms with E-state index in [-0.39, 0.29) is 22.5 Å². The van der Waals surface area contributed by atoms with Gasteiger partial charge in [0.15, 0.2) is 0 Å². The summed E-state index contributed by atoms with van der Waals surface area (Å²) in [4.78, 5) is 8.81. The Bertz CT molecular complexity index is 1190. The van der Waals surface area contributed by atoms with Gasteiger partial charge in [-0.15, -0.1) is 0 Å². The zero-order chi connectivity index (χ0) is 24.5. The zero-order valence-electron chi connectivity index (χ0n) is 19.4. The highest BCUT2D eigenvalue weighted by Gasteiger charge is 2.36. The summed E-state index contributed by atoms with van der Waals surface area (Å²) >= 11 is 0. The quantitative estimate of drug-likeness (QED) is 0.456. The van der Waals surface area contributed by atoms with Crippen molar-refractivity contribution in [1.29, 1.82) is 0 Å². The van der Waals surface area contributed by atoms with Crippen molar-refractivity contribution in [3.05, 3.63) is 47.9 Å². The van der Waals surface area contributed by atoms with Crippen molar-refractivity contribution < 1.29 is 17.4 Å². The molecule has 1 N–H and O–H groups in total. The van der Waals surface area contributed by atoms with Crippen molar-refractivity contribution in [2.24, 2.45) is 13.0 Å². The minimum Gasteiger partial charge on any atom is -0.324 e. The third-order valence-corrected chi connectivity index (χ3v) is 8.22. The fourth-order valence-corrected chi connectivity index (χ4v) is 5.96. The number of benzene rings is 1. The minimum absolute atomic E-state index is 0.0433. The molecular weight excluding hydrogens is 463 g/mol. The van der Waals surface area contributed by atoms with Crippen LogP contribution in [0.1, 0.15) is 50.2 Å². The number of aryl methyl sites for hydroxylation is 2. The van der Waals surface area contributed by atoms with E-state index < -0.39 is 22.5 Å². The predicted octanol–water partition coefficient (Wildman–Crippen LogP) is 6.02. The molecule has 2 heterocycles. The van der Waals surface area contributed by atoms with Crippen LogP contribution in [0.5, 0.6) is 0 Å². The molecule has 0 bridgehead atoms. The van der Waals surface area contributed by atoms with E-state index in [9.17, 15) is 17.4 Å². The molecule has 1 aliphatic rings. The summed E-state index contributed by atoms with van der Waals surface area (Å²) < 4.78 is 55.1. The number of nitrogens with one attached hydrogen (secondary N) is 1. The van der Waals surface area contributed by atoms with Gasteiger partial charge in [0.2, 0.25) is 5.95 Å². The van der Waals surface area contributed by atoms with Crippen molar-refractivity contribution in [3.63, 3.8) is 0 Å². The largest absolute Gasteiger partial charge is 0.419 e. The van der Waals surface area contributed by atoms with Crippen LogP contribution in [-0.4, -0.2) is 29.2 Å². The van der Waals surface area contributed by atoms with E-state index >= 15 is 0 Å². The van der Waals surface area contributed by atoms with Crippen LogP contribution < -0.4 is 5.32 Å². The summed E-state index contributed by atoms with van der Waals surface area (Å²) in [6.45, 7) is 4.07. The van der Waals surface area contributed by atoms with Gasteiger partial charge in [0, 0.05) is 40.8 Å².